The third-order valence-corrected chi connectivity index (χ3v) is 2.78. The third kappa shape index (κ3) is 1.27. The van der Waals surface area contributed by atoms with Gasteiger partial charge in [-0.25, -0.2) is 0 Å². The quantitative estimate of drug-likeness (QED) is 0.610. The molecule has 12 heavy (non-hydrogen) atoms. The second kappa shape index (κ2) is 3.31. The molecule has 0 saturated heterocycles. The van der Waals surface area contributed by atoms with Gasteiger partial charge >= 0.3 is 0 Å². The van der Waals surface area contributed by atoms with E-state index < -0.39 is 0 Å². The molecule has 0 fully saturated rings. The number of fused-ring (bicyclic) bond motifs is 1. The second-order valence-electron chi connectivity index (χ2n) is 3.52. The van der Waals surface area contributed by atoms with E-state index in [4.69, 9.17) is 0 Å². The van der Waals surface area contributed by atoms with Crippen LogP contribution in [-0.4, -0.2) is 12.0 Å². The largest absolute Gasteiger partial charge is 0.367 e. The van der Waals surface area contributed by atoms with Crippen LogP contribution in [0.5, 0.6) is 0 Å². The van der Waals surface area contributed by atoms with E-state index in [0.717, 1.165) is 0 Å². The van der Waals surface area contributed by atoms with Crippen molar-refractivity contribution in [1.82, 2.24) is 10.3 Å². The lowest BCUT2D eigenvalue weighted by Gasteiger charge is -2.12. The fourth-order valence-corrected chi connectivity index (χ4v) is 2.07. The summed E-state index contributed by atoms with van der Waals surface area (Å²) in [6.45, 7) is 0. The smallest absolute Gasteiger partial charge is 0.0335 e. The van der Waals surface area contributed by atoms with Gasteiger partial charge in [0.05, 0.1) is 0 Å². The van der Waals surface area contributed by atoms with Crippen LogP contribution in [-0.2, 0) is 6.42 Å². The van der Waals surface area contributed by atoms with Crippen LogP contribution in [0.4, 0.5) is 0 Å². The van der Waals surface area contributed by atoms with E-state index in [1.807, 2.05) is 7.05 Å². The van der Waals surface area contributed by atoms with Crippen LogP contribution in [0, 0.1) is 0 Å². The summed E-state index contributed by atoms with van der Waals surface area (Å²) >= 11 is 0. The molecule has 66 valence electrons. The highest BCUT2D eigenvalue weighted by atomic mass is 14.9. The normalized spacial score (nSPS) is 23.2. The van der Waals surface area contributed by atoms with Crippen molar-refractivity contribution >= 4 is 0 Å². The molecule has 2 N–H and O–H groups in total. The summed E-state index contributed by atoms with van der Waals surface area (Å²) in [6.07, 6.45) is 9.49. The van der Waals surface area contributed by atoms with Gasteiger partial charge in [-0.2, -0.15) is 0 Å². The van der Waals surface area contributed by atoms with Crippen LogP contribution in [0.2, 0.25) is 0 Å². The van der Waals surface area contributed by atoms with E-state index in [1.54, 1.807) is 0 Å². The van der Waals surface area contributed by atoms with Gasteiger partial charge in [-0.15, -0.1) is 0 Å². The SMILES string of the molecule is CNC1CCCCc2c[nH]cc21. The molecule has 0 amide bonds. The molecule has 1 aliphatic carbocycles. The van der Waals surface area contributed by atoms with Crippen molar-refractivity contribution in [1.29, 1.82) is 0 Å². The molecular formula is C10H16N2. The van der Waals surface area contributed by atoms with Crippen molar-refractivity contribution in [3.8, 4) is 0 Å². The second-order valence-corrected chi connectivity index (χ2v) is 3.52. The van der Waals surface area contributed by atoms with Crippen molar-refractivity contribution < 1.29 is 0 Å². The van der Waals surface area contributed by atoms with Crippen molar-refractivity contribution in [2.75, 3.05) is 7.05 Å². The summed E-state index contributed by atoms with van der Waals surface area (Å²) in [5.41, 5.74) is 2.99. The summed E-state index contributed by atoms with van der Waals surface area (Å²) in [5.74, 6) is 0. The highest BCUT2D eigenvalue weighted by Crippen LogP contribution is 2.27. The maximum absolute atomic E-state index is 3.37. The Morgan fingerprint density at radius 1 is 1.42 bits per heavy atom. The van der Waals surface area contributed by atoms with Crippen molar-refractivity contribution in [2.45, 2.75) is 31.7 Å². The zero-order chi connectivity index (χ0) is 8.39. The molecule has 0 saturated carbocycles. The number of aromatic nitrogens is 1. The van der Waals surface area contributed by atoms with Crippen LogP contribution >= 0.6 is 0 Å². The number of hydrogen-bond acceptors (Lipinski definition) is 1. The molecule has 2 rings (SSSR count). The molecule has 2 heteroatoms. The Balaban J connectivity index is 2.29. The van der Waals surface area contributed by atoms with Gasteiger partial charge in [0, 0.05) is 18.4 Å². The summed E-state index contributed by atoms with van der Waals surface area (Å²) < 4.78 is 0. The molecule has 1 atom stereocenters. The minimum absolute atomic E-state index is 0.578. The van der Waals surface area contributed by atoms with E-state index in [9.17, 15) is 0 Å². The molecule has 1 aromatic rings. The van der Waals surface area contributed by atoms with Gasteiger partial charge in [-0.05, 0) is 37.4 Å². The standard InChI is InChI=1S/C10H16N2/c1-11-10-5-3-2-4-8-6-12-7-9(8)10/h6-7,10-12H,2-5H2,1H3. The van der Waals surface area contributed by atoms with Gasteiger partial charge in [0.2, 0.25) is 0 Å². The molecule has 1 aromatic heterocycles. The molecule has 0 bridgehead atoms. The minimum Gasteiger partial charge on any atom is -0.367 e. The topological polar surface area (TPSA) is 27.8 Å². The number of aromatic amines is 1. The van der Waals surface area contributed by atoms with Crippen LogP contribution in [0.1, 0.15) is 36.4 Å². The maximum atomic E-state index is 3.37. The number of rotatable bonds is 1. The lowest BCUT2D eigenvalue weighted by atomic mass is 10.1. The Morgan fingerprint density at radius 2 is 2.33 bits per heavy atom. The molecule has 0 spiro atoms. The van der Waals surface area contributed by atoms with Crippen molar-refractivity contribution in [3.63, 3.8) is 0 Å². The van der Waals surface area contributed by atoms with Crippen molar-refractivity contribution in [3.05, 3.63) is 23.5 Å². The first kappa shape index (κ1) is 7.87. The Morgan fingerprint density at radius 3 is 3.17 bits per heavy atom. The zero-order valence-corrected chi connectivity index (χ0v) is 7.56. The van der Waals surface area contributed by atoms with E-state index in [-0.39, 0.29) is 0 Å². The zero-order valence-electron chi connectivity index (χ0n) is 7.56. The number of H-pyrrole nitrogens is 1. The molecular weight excluding hydrogens is 148 g/mol. The van der Waals surface area contributed by atoms with E-state index >= 15 is 0 Å². The molecule has 0 aromatic carbocycles. The van der Waals surface area contributed by atoms with Crippen LogP contribution < -0.4 is 5.32 Å². The fraction of sp³-hybridized carbons (Fsp3) is 0.600. The first-order valence-corrected chi connectivity index (χ1v) is 4.74. The van der Waals surface area contributed by atoms with Crippen LogP contribution in [0.3, 0.4) is 0 Å². The third-order valence-electron chi connectivity index (χ3n) is 2.78. The van der Waals surface area contributed by atoms with Gasteiger partial charge in [-0.3, -0.25) is 0 Å². The average Bonchev–Trinajstić information content (AvgIpc) is 2.46. The van der Waals surface area contributed by atoms with Gasteiger partial charge in [-0.1, -0.05) is 6.42 Å². The molecule has 0 radical (unpaired) electrons. The fourth-order valence-electron chi connectivity index (χ4n) is 2.07. The highest BCUT2D eigenvalue weighted by molar-refractivity contribution is 5.27. The van der Waals surface area contributed by atoms with E-state index in [2.05, 4.69) is 22.7 Å². The van der Waals surface area contributed by atoms with Crippen molar-refractivity contribution in [2.24, 2.45) is 0 Å². The first-order chi connectivity index (χ1) is 5.92. The Labute approximate surface area is 73.4 Å². The number of aryl methyl sites for hydroxylation is 1. The monoisotopic (exact) mass is 164 g/mol. The highest BCUT2D eigenvalue weighted by Gasteiger charge is 2.16. The molecule has 1 unspecified atom stereocenters. The lowest BCUT2D eigenvalue weighted by Crippen LogP contribution is -2.15. The van der Waals surface area contributed by atoms with Gasteiger partial charge < -0.3 is 10.3 Å². The molecule has 1 aliphatic rings. The summed E-state index contributed by atoms with van der Waals surface area (Å²) in [4.78, 5) is 3.19. The first-order valence-electron chi connectivity index (χ1n) is 4.74. The molecule has 2 nitrogen and oxygen atoms in total. The Hall–Kier alpha value is -0.760. The lowest BCUT2D eigenvalue weighted by molar-refractivity contribution is 0.533. The van der Waals surface area contributed by atoms with Gasteiger partial charge in [0.25, 0.3) is 0 Å². The van der Waals surface area contributed by atoms with Crippen LogP contribution in [0.25, 0.3) is 0 Å². The van der Waals surface area contributed by atoms with E-state index in [0.29, 0.717) is 6.04 Å². The number of nitrogens with one attached hydrogen (secondary N) is 2. The molecule has 0 aliphatic heterocycles. The summed E-state index contributed by atoms with van der Waals surface area (Å²) in [5, 5.41) is 3.37. The van der Waals surface area contributed by atoms with Gasteiger partial charge in [0.15, 0.2) is 0 Å². The van der Waals surface area contributed by atoms with Gasteiger partial charge in [0.1, 0.15) is 0 Å². The van der Waals surface area contributed by atoms with Crippen LogP contribution in [0.15, 0.2) is 12.4 Å². The average molecular weight is 164 g/mol. The summed E-state index contributed by atoms with van der Waals surface area (Å²) in [7, 11) is 2.05. The molecule has 1 heterocycles. The predicted molar refractivity (Wildman–Crippen MR) is 50.1 cm³/mol. The maximum Gasteiger partial charge on any atom is 0.0335 e. The Kier molecular flexibility index (Phi) is 2.17. The van der Waals surface area contributed by atoms with E-state index in [1.165, 1.54) is 36.8 Å². The summed E-state index contributed by atoms with van der Waals surface area (Å²) in [6, 6.07) is 0.578. The Bertz CT molecular complexity index is 252. The number of hydrogen-bond donors (Lipinski definition) is 2. The minimum atomic E-state index is 0.578. The predicted octanol–water partition coefficient (Wildman–Crippen LogP) is 2.00.